The van der Waals surface area contributed by atoms with Crippen LogP contribution in [-0.2, 0) is 0 Å². The van der Waals surface area contributed by atoms with Gasteiger partial charge in [-0.1, -0.05) is 0 Å². The van der Waals surface area contributed by atoms with E-state index in [1.165, 1.54) is 4.90 Å². The molecule has 1 aliphatic rings. The minimum Gasteiger partial charge on any atom is -0.356 e. The van der Waals surface area contributed by atoms with Crippen molar-refractivity contribution in [2.45, 2.75) is 58.8 Å². The number of guanidine groups is 1. The molecule has 0 aromatic rings. The van der Waals surface area contributed by atoms with Crippen LogP contribution in [0.3, 0.4) is 0 Å². The summed E-state index contributed by atoms with van der Waals surface area (Å²) in [5, 5.41) is 6.54. The van der Waals surface area contributed by atoms with Crippen LogP contribution in [0.5, 0.6) is 0 Å². The number of hydrogen-bond donors (Lipinski definition) is 2. The molecule has 1 aliphatic heterocycles. The van der Waals surface area contributed by atoms with Gasteiger partial charge in [0.2, 0.25) is 0 Å². The second-order valence-corrected chi connectivity index (χ2v) is 7.66. The average molecular weight is 380 g/mol. The lowest BCUT2D eigenvalue weighted by Crippen LogP contribution is -2.42. The molecule has 0 spiro atoms. The number of aliphatic imine (C=N–C) groups is 1. The highest BCUT2D eigenvalue weighted by Gasteiger charge is 2.34. The van der Waals surface area contributed by atoms with Crippen LogP contribution in [0.4, 0.5) is 13.2 Å². The second kappa shape index (κ2) is 11.0. The maximum Gasteiger partial charge on any atom is 0.401 e. The molecule has 1 atom stereocenters. The molecule has 5 nitrogen and oxygen atoms in total. The normalized spacial score (nSPS) is 19.8. The Morgan fingerprint density at radius 3 is 2.38 bits per heavy atom. The summed E-state index contributed by atoms with van der Waals surface area (Å²) >= 11 is 0. The van der Waals surface area contributed by atoms with Gasteiger partial charge in [-0.3, -0.25) is 14.8 Å². The highest BCUT2D eigenvalue weighted by molar-refractivity contribution is 5.79. The monoisotopic (exact) mass is 379 g/mol. The number of likely N-dealkylation sites (tertiary alicyclic amines) is 1. The van der Waals surface area contributed by atoms with Crippen molar-refractivity contribution in [3.05, 3.63) is 0 Å². The van der Waals surface area contributed by atoms with Crippen LogP contribution in [0, 0.1) is 5.92 Å². The lowest BCUT2D eigenvalue weighted by atomic mass is 10.1. The lowest BCUT2D eigenvalue weighted by molar-refractivity contribution is -0.143. The summed E-state index contributed by atoms with van der Waals surface area (Å²) in [6.45, 7) is 11.5. The van der Waals surface area contributed by atoms with E-state index in [2.05, 4.69) is 48.2 Å². The zero-order valence-electron chi connectivity index (χ0n) is 16.9. The molecular weight excluding hydrogens is 343 g/mol. The van der Waals surface area contributed by atoms with Gasteiger partial charge < -0.3 is 10.6 Å². The molecule has 1 rings (SSSR count). The van der Waals surface area contributed by atoms with Crippen molar-refractivity contribution in [3.63, 3.8) is 0 Å². The molecule has 2 N–H and O–H groups in total. The van der Waals surface area contributed by atoms with Crippen molar-refractivity contribution in [2.75, 3.05) is 46.3 Å². The third-order valence-electron chi connectivity index (χ3n) is 4.77. The summed E-state index contributed by atoms with van der Waals surface area (Å²) in [5.74, 6) is 0.952. The van der Waals surface area contributed by atoms with Gasteiger partial charge in [-0.2, -0.15) is 13.2 Å². The van der Waals surface area contributed by atoms with Crippen molar-refractivity contribution in [1.82, 2.24) is 20.4 Å². The molecule has 0 aromatic carbocycles. The Hall–Kier alpha value is -1.02. The fraction of sp³-hybridized carbons (Fsp3) is 0.944. The zero-order valence-corrected chi connectivity index (χ0v) is 16.9. The van der Waals surface area contributed by atoms with Crippen molar-refractivity contribution in [3.8, 4) is 0 Å². The summed E-state index contributed by atoms with van der Waals surface area (Å²) in [7, 11) is 1.72. The second-order valence-electron chi connectivity index (χ2n) is 7.66. The molecule has 26 heavy (non-hydrogen) atoms. The summed E-state index contributed by atoms with van der Waals surface area (Å²) in [5.41, 5.74) is 0. The van der Waals surface area contributed by atoms with Gasteiger partial charge in [-0.05, 0) is 53.0 Å². The van der Waals surface area contributed by atoms with E-state index in [1.54, 1.807) is 7.05 Å². The summed E-state index contributed by atoms with van der Waals surface area (Å²) in [6.07, 6.45) is -2.31. The molecule has 0 radical (unpaired) electrons. The van der Waals surface area contributed by atoms with Gasteiger partial charge >= 0.3 is 6.18 Å². The Kier molecular flexibility index (Phi) is 9.71. The predicted molar refractivity (Wildman–Crippen MR) is 102 cm³/mol. The standard InChI is InChI=1S/C18H36F3N5/c1-14(2)26(15(3)4)9-6-8-23-17(22-5)24-11-16-7-10-25(12-16)13-18(19,20)21/h14-16H,6-13H2,1-5H3,(H2,22,23,24). The van der Waals surface area contributed by atoms with Crippen LogP contribution in [0.2, 0.25) is 0 Å². The zero-order chi connectivity index (χ0) is 19.7. The minimum absolute atomic E-state index is 0.230. The van der Waals surface area contributed by atoms with Crippen LogP contribution >= 0.6 is 0 Å². The van der Waals surface area contributed by atoms with E-state index in [4.69, 9.17) is 0 Å². The van der Waals surface area contributed by atoms with E-state index in [0.717, 1.165) is 31.9 Å². The third kappa shape index (κ3) is 9.07. The molecule has 154 valence electrons. The van der Waals surface area contributed by atoms with E-state index < -0.39 is 12.7 Å². The van der Waals surface area contributed by atoms with Crippen LogP contribution in [-0.4, -0.2) is 80.3 Å². The number of alkyl halides is 3. The third-order valence-corrected chi connectivity index (χ3v) is 4.77. The molecule has 1 saturated heterocycles. The van der Waals surface area contributed by atoms with Crippen LogP contribution in [0.25, 0.3) is 0 Å². The number of hydrogen-bond acceptors (Lipinski definition) is 3. The van der Waals surface area contributed by atoms with Crippen molar-refractivity contribution >= 4 is 5.96 Å². The quantitative estimate of drug-likeness (QED) is 0.367. The van der Waals surface area contributed by atoms with Gasteiger partial charge in [-0.15, -0.1) is 0 Å². The molecular formula is C18H36F3N5. The van der Waals surface area contributed by atoms with Crippen LogP contribution in [0.1, 0.15) is 40.5 Å². The largest absolute Gasteiger partial charge is 0.401 e. The van der Waals surface area contributed by atoms with Gasteiger partial charge in [0.1, 0.15) is 0 Å². The number of nitrogens with one attached hydrogen (secondary N) is 2. The van der Waals surface area contributed by atoms with E-state index >= 15 is 0 Å². The highest BCUT2D eigenvalue weighted by Crippen LogP contribution is 2.22. The molecule has 0 saturated carbocycles. The van der Waals surface area contributed by atoms with E-state index in [-0.39, 0.29) is 5.92 Å². The highest BCUT2D eigenvalue weighted by atomic mass is 19.4. The van der Waals surface area contributed by atoms with Crippen molar-refractivity contribution in [1.29, 1.82) is 0 Å². The van der Waals surface area contributed by atoms with Gasteiger partial charge in [0.25, 0.3) is 0 Å². The maximum absolute atomic E-state index is 12.4. The first-order valence-corrected chi connectivity index (χ1v) is 9.61. The number of rotatable bonds is 9. The topological polar surface area (TPSA) is 42.9 Å². The first-order valence-electron chi connectivity index (χ1n) is 9.61. The molecule has 8 heteroatoms. The Bertz CT molecular complexity index is 416. The van der Waals surface area contributed by atoms with E-state index in [1.807, 2.05) is 0 Å². The number of nitrogens with zero attached hydrogens (tertiary/aromatic N) is 3. The van der Waals surface area contributed by atoms with Gasteiger partial charge in [0, 0.05) is 45.3 Å². The first-order chi connectivity index (χ1) is 12.1. The minimum atomic E-state index is -4.11. The van der Waals surface area contributed by atoms with Crippen molar-refractivity contribution < 1.29 is 13.2 Å². The molecule has 0 aromatic heterocycles. The molecule has 1 fully saturated rings. The summed E-state index contributed by atoms with van der Waals surface area (Å²) in [4.78, 5) is 8.13. The van der Waals surface area contributed by atoms with E-state index in [0.29, 0.717) is 31.7 Å². The van der Waals surface area contributed by atoms with Crippen LogP contribution < -0.4 is 10.6 Å². The Morgan fingerprint density at radius 2 is 1.85 bits per heavy atom. The average Bonchev–Trinajstić information content (AvgIpc) is 2.94. The van der Waals surface area contributed by atoms with E-state index in [9.17, 15) is 13.2 Å². The summed E-state index contributed by atoms with van der Waals surface area (Å²) in [6, 6.07) is 1.05. The van der Waals surface area contributed by atoms with Gasteiger partial charge in [0.15, 0.2) is 5.96 Å². The predicted octanol–water partition coefficient (Wildman–Crippen LogP) is 2.54. The molecule has 0 aliphatic carbocycles. The fourth-order valence-corrected chi connectivity index (χ4v) is 3.52. The van der Waals surface area contributed by atoms with Gasteiger partial charge in [-0.25, -0.2) is 0 Å². The molecule has 1 unspecified atom stereocenters. The maximum atomic E-state index is 12.4. The Morgan fingerprint density at radius 1 is 1.19 bits per heavy atom. The number of halogens is 3. The Balaban J connectivity index is 2.24. The molecule has 0 bridgehead atoms. The first kappa shape index (κ1) is 23.0. The SMILES string of the molecule is CN=C(NCCCN(C(C)C)C(C)C)NCC1CCN(CC(F)(F)F)C1. The molecule has 0 amide bonds. The molecule has 1 heterocycles. The van der Waals surface area contributed by atoms with Crippen LogP contribution in [0.15, 0.2) is 4.99 Å². The van der Waals surface area contributed by atoms with Crippen molar-refractivity contribution in [2.24, 2.45) is 10.9 Å². The van der Waals surface area contributed by atoms with Gasteiger partial charge in [0.05, 0.1) is 6.54 Å². The fourth-order valence-electron chi connectivity index (χ4n) is 3.52. The lowest BCUT2D eigenvalue weighted by Gasteiger charge is -2.30. The Labute approximate surface area is 156 Å². The smallest absolute Gasteiger partial charge is 0.356 e. The summed E-state index contributed by atoms with van der Waals surface area (Å²) < 4.78 is 37.3.